The zero-order valence-corrected chi connectivity index (χ0v) is 9.29. The molecule has 15 heavy (non-hydrogen) atoms. The predicted octanol–water partition coefficient (Wildman–Crippen LogP) is 0.586. The molecule has 2 heterocycles. The van der Waals surface area contributed by atoms with Crippen LogP contribution in [0.25, 0.3) is 0 Å². The van der Waals surface area contributed by atoms with Crippen LogP contribution >= 0.6 is 0 Å². The van der Waals surface area contributed by atoms with Gasteiger partial charge in [0.1, 0.15) is 5.76 Å². The highest BCUT2D eigenvalue weighted by Gasteiger charge is 2.41. The van der Waals surface area contributed by atoms with Crippen molar-refractivity contribution in [2.75, 3.05) is 18.1 Å². The zero-order chi connectivity index (χ0) is 10.9. The summed E-state index contributed by atoms with van der Waals surface area (Å²) in [7, 11) is -2.89. The van der Waals surface area contributed by atoms with Crippen LogP contribution in [0.2, 0.25) is 0 Å². The van der Waals surface area contributed by atoms with Gasteiger partial charge in [0, 0.05) is 11.8 Å². The van der Waals surface area contributed by atoms with Crippen LogP contribution in [0, 0.1) is 5.41 Å². The van der Waals surface area contributed by atoms with Crippen molar-refractivity contribution in [3.63, 3.8) is 0 Å². The highest BCUT2D eigenvalue weighted by Crippen LogP contribution is 2.34. The van der Waals surface area contributed by atoms with E-state index in [1.807, 2.05) is 12.1 Å². The van der Waals surface area contributed by atoms with Gasteiger partial charge in [0.2, 0.25) is 0 Å². The van der Waals surface area contributed by atoms with E-state index in [0.29, 0.717) is 19.4 Å². The first-order valence-electron chi connectivity index (χ1n) is 4.98. The van der Waals surface area contributed by atoms with Gasteiger partial charge < -0.3 is 10.2 Å². The topological polar surface area (TPSA) is 73.3 Å². The number of rotatable bonds is 3. The van der Waals surface area contributed by atoms with Gasteiger partial charge in [0.15, 0.2) is 9.84 Å². The molecule has 1 fully saturated rings. The predicted molar refractivity (Wildman–Crippen MR) is 57.2 cm³/mol. The fraction of sp³-hybridized carbons (Fsp3) is 0.600. The lowest BCUT2D eigenvalue weighted by molar-refractivity contribution is 0.314. The Bertz CT molecular complexity index is 424. The molecule has 0 bridgehead atoms. The van der Waals surface area contributed by atoms with E-state index in [1.54, 1.807) is 6.26 Å². The molecule has 1 aliphatic rings. The maximum atomic E-state index is 11.4. The minimum Gasteiger partial charge on any atom is -0.469 e. The molecule has 1 aromatic heterocycles. The first-order chi connectivity index (χ1) is 7.05. The second kappa shape index (κ2) is 3.64. The fourth-order valence-electron chi connectivity index (χ4n) is 2.14. The van der Waals surface area contributed by atoms with Gasteiger partial charge in [0.05, 0.1) is 17.8 Å². The van der Waals surface area contributed by atoms with E-state index in [4.69, 9.17) is 10.2 Å². The molecule has 1 aliphatic heterocycles. The molecular weight excluding hydrogens is 214 g/mol. The van der Waals surface area contributed by atoms with Crippen molar-refractivity contribution in [1.29, 1.82) is 0 Å². The molecule has 0 aliphatic carbocycles. The zero-order valence-electron chi connectivity index (χ0n) is 8.48. The lowest BCUT2D eigenvalue weighted by Gasteiger charge is -2.24. The van der Waals surface area contributed by atoms with Crippen molar-refractivity contribution in [3.8, 4) is 0 Å². The quantitative estimate of drug-likeness (QED) is 0.823. The number of sulfone groups is 1. The van der Waals surface area contributed by atoms with Gasteiger partial charge >= 0.3 is 0 Å². The molecule has 5 heteroatoms. The van der Waals surface area contributed by atoms with Gasteiger partial charge in [-0.3, -0.25) is 0 Å². The van der Waals surface area contributed by atoms with Crippen LogP contribution in [0.15, 0.2) is 22.8 Å². The molecule has 0 spiro atoms. The van der Waals surface area contributed by atoms with Crippen LogP contribution in [-0.4, -0.2) is 26.5 Å². The van der Waals surface area contributed by atoms with Gasteiger partial charge in [-0.25, -0.2) is 8.42 Å². The van der Waals surface area contributed by atoms with Crippen molar-refractivity contribution in [2.24, 2.45) is 11.1 Å². The first kappa shape index (κ1) is 10.7. The van der Waals surface area contributed by atoms with Crippen LogP contribution < -0.4 is 5.73 Å². The van der Waals surface area contributed by atoms with Crippen molar-refractivity contribution in [1.82, 2.24) is 0 Å². The highest BCUT2D eigenvalue weighted by atomic mass is 32.2. The van der Waals surface area contributed by atoms with Crippen LogP contribution in [0.3, 0.4) is 0 Å². The smallest absolute Gasteiger partial charge is 0.150 e. The SMILES string of the molecule is NCC1(Cc2ccco2)CCS(=O)(=O)C1. The second-order valence-electron chi connectivity index (χ2n) is 4.30. The van der Waals surface area contributed by atoms with Gasteiger partial charge in [0.25, 0.3) is 0 Å². The van der Waals surface area contributed by atoms with Gasteiger partial charge in [-0.05, 0) is 25.1 Å². The van der Waals surface area contributed by atoms with Crippen LogP contribution in [-0.2, 0) is 16.3 Å². The van der Waals surface area contributed by atoms with Crippen molar-refractivity contribution >= 4 is 9.84 Å². The van der Waals surface area contributed by atoms with E-state index in [1.165, 1.54) is 0 Å². The maximum absolute atomic E-state index is 11.4. The molecule has 84 valence electrons. The normalized spacial score (nSPS) is 29.4. The van der Waals surface area contributed by atoms with Gasteiger partial charge in [-0.1, -0.05) is 0 Å². The summed E-state index contributed by atoms with van der Waals surface area (Å²) in [5, 5.41) is 0. The molecule has 1 aromatic rings. The summed E-state index contributed by atoms with van der Waals surface area (Å²) < 4.78 is 28.1. The Labute approximate surface area is 89.4 Å². The number of hydrogen-bond donors (Lipinski definition) is 1. The van der Waals surface area contributed by atoms with Crippen LogP contribution in [0.1, 0.15) is 12.2 Å². The van der Waals surface area contributed by atoms with E-state index < -0.39 is 9.84 Å². The van der Waals surface area contributed by atoms with Crippen molar-refractivity contribution in [3.05, 3.63) is 24.2 Å². The Balaban J connectivity index is 2.17. The average molecular weight is 229 g/mol. The van der Waals surface area contributed by atoms with Crippen molar-refractivity contribution < 1.29 is 12.8 Å². The van der Waals surface area contributed by atoms with Crippen molar-refractivity contribution in [2.45, 2.75) is 12.8 Å². The molecule has 2 rings (SSSR count). The number of furan rings is 1. The Hall–Kier alpha value is -0.810. The van der Waals surface area contributed by atoms with Gasteiger partial charge in [-0.15, -0.1) is 0 Å². The minimum absolute atomic E-state index is 0.192. The molecule has 1 unspecified atom stereocenters. The van der Waals surface area contributed by atoms with E-state index in [2.05, 4.69) is 0 Å². The summed E-state index contributed by atoms with van der Waals surface area (Å²) >= 11 is 0. The Morgan fingerprint density at radius 2 is 2.33 bits per heavy atom. The summed E-state index contributed by atoms with van der Waals surface area (Å²) in [6.45, 7) is 0.396. The monoisotopic (exact) mass is 229 g/mol. The van der Waals surface area contributed by atoms with E-state index in [-0.39, 0.29) is 16.9 Å². The second-order valence-corrected chi connectivity index (χ2v) is 6.49. The fourth-order valence-corrected chi connectivity index (χ4v) is 4.32. The third-order valence-electron chi connectivity index (χ3n) is 3.03. The Morgan fingerprint density at radius 3 is 2.80 bits per heavy atom. The highest BCUT2D eigenvalue weighted by molar-refractivity contribution is 7.91. The van der Waals surface area contributed by atoms with E-state index in [9.17, 15) is 8.42 Å². The first-order valence-corrected chi connectivity index (χ1v) is 6.80. The average Bonchev–Trinajstić information content (AvgIpc) is 2.75. The Morgan fingerprint density at radius 1 is 1.53 bits per heavy atom. The third-order valence-corrected chi connectivity index (χ3v) is 4.91. The van der Waals surface area contributed by atoms with Gasteiger partial charge in [-0.2, -0.15) is 0 Å². The summed E-state index contributed by atoms with van der Waals surface area (Å²) in [5.41, 5.74) is 5.39. The lowest BCUT2D eigenvalue weighted by Crippen LogP contribution is -2.33. The molecule has 2 N–H and O–H groups in total. The maximum Gasteiger partial charge on any atom is 0.150 e. The lowest BCUT2D eigenvalue weighted by atomic mass is 9.83. The molecular formula is C10H15NO3S. The summed E-state index contributed by atoms with van der Waals surface area (Å²) in [4.78, 5) is 0. The van der Waals surface area contributed by atoms with E-state index >= 15 is 0 Å². The largest absolute Gasteiger partial charge is 0.469 e. The molecule has 1 atom stereocenters. The number of hydrogen-bond acceptors (Lipinski definition) is 4. The summed E-state index contributed by atoms with van der Waals surface area (Å²) in [6.07, 6.45) is 2.87. The van der Waals surface area contributed by atoms with E-state index in [0.717, 1.165) is 5.76 Å². The summed E-state index contributed by atoms with van der Waals surface area (Å²) in [6, 6.07) is 3.67. The standard InChI is InChI=1S/C10H15NO3S/c11-7-10(3-5-15(12,13)8-10)6-9-2-1-4-14-9/h1-2,4H,3,5-8,11H2. The summed E-state index contributed by atoms with van der Waals surface area (Å²) in [5.74, 6) is 1.26. The molecule has 0 saturated carbocycles. The van der Waals surface area contributed by atoms with Crippen LogP contribution in [0.4, 0.5) is 0 Å². The number of nitrogens with two attached hydrogens (primary N) is 1. The molecule has 0 aromatic carbocycles. The molecule has 0 amide bonds. The molecule has 1 saturated heterocycles. The minimum atomic E-state index is -2.89. The Kier molecular flexibility index (Phi) is 2.60. The molecule has 4 nitrogen and oxygen atoms in total. The molecule has 0 radical (unpaired) electrons. The third kappa shape index (κ3) is 2.23. The van der Waals surface area contributed by atoms with Crippen LogP contribution in [0.5, 0.6) is 0 Å².